The van der Waals surface area contributed by atoms with Crippen molar-refractivity contribution < 1.29 is 28.7 Å². The highest BCUT2D eigenvalue weighted by Crippen LogP contribution is 2.38. The molecule has 0 radical (unpaired) electrons. The Balaban J connectivity index is 1.57. The second-order valence-electron chi connectivity index (χ2n) is 9.06. The molecule has 40 heavy (non-hydrogen) atoms. The number of hydrogen-bond donors (Lipinski definition) is 2. The average Bonchev–Trinajstić information content (AvgIpc) is 2.89. The first-order valence-corrected chi connectivity index (χ1v) is 13.2. The fourth-order valence-electron chi connectivity index (χ4n) is 3.98. The average molecular weight is 627 g/mol. The lowest BCUT2D eigenvalue weighted by atomic mass is 10.1. The molecule has 2 N–H and O–H groups in total. The highest BCUT2D eigenvalue weighted by molar-refractivity contribution is 9.10. The Labute approximate surface area is 244 Å². The van der Waals surface area contributed by atoms with E-state index in [2.05, 4.69) is 26.6 Å². The molecule has 3 aromatic carbocycles. The summed E-state index contributed by atoms with van der Waals surface area (Å²) >= 11 is 9.50. The van der Waals surface area contributed by atoms with Gasteiger partial charge in [0.1, 0.15) is 5.57 Å². The number of imide groups is 2. The minimum Gasteiger partial charge on any atom is -0.493 e. The molecule has 1 aliphatic rings. The monoisotopic (exact) mass is 625 g/mol. The number of ether oxygens (including phenoxy) is 2. The van der Waals surface area contributed by atoms with Crippen molar-refractivity contribution in [1.82, 2.24) is 5.32 Å². The predicted molar refractivity (Wildman–Crippen MR) is 156 cm³/mol. The molecule has 3 aromatic rings. The van der Waals surface area contributed by atoms with Crippen LogP contribution in [0, 0.1) is 20.8 Å². The number of anilines is 2. The van der Waals surface area contributed by atoms with Crippen molar-refractivity contribution in [2.75, 3.05) is 23.9 Å². The third-order valence-electron chi connectivity index (χ3n) is 6.21. The number of halogens is 2. The van der Waals surface area contributed by atoms with Gasteiger partial charge in [-0.25, -0.2) is 9.69 Å². The number of hydrogen-bond acceptors (Lipinski definition) is 6. The van der Waals surface area contributed by atoms with E-state index in [1.807, 2.05) is 32.0 Å². The summed E-state index contributed by atoms with van der Waals surface area (Å²) in [7, 11) is 1.42. The summed E-state index contributed by atoms with van der Waals surface area (Å²) < 4.78 is 11.6. The minimum atomic E-state index is -0.876. The Morgan fingerprint density at radius 2 is 1.75 bits per heavy atom. The van der Waals surface area contributed by atoms with Gasteiger partial charge in [0, 0.05) is 10.7 Å². The van der Waals surface area contributed by atoms with Crippen molar-refractivity contribution in [3.8, 4) is 11.5 Å². The molecule has 206 valence electrons. The molecule has 0 unspecified atom stereocenters. The van der Waals surface area contributed by atoms with Gasteiger partial charge in [-0.1, -0.05) is 23.7 Å². The maximum atomic E-state index is 13.3. The number of carbonyl (C=O) groups excluding carboxylic acids is 4. The lowest BCUT2D eigenvalue weighted by Crippen LogP contribution is -2.54. The topological polar surface area (TPSA) is 114 Å². The summed E-state index contributed by atoms with van der Waals surface area (Å²) in [5, 5.41) is 5.31. The minimum absolute atomic E-state index is 0.252. The van der Waals surface area contributed by atoms with E-state index in [-0.39, 0.29) is 35.3 Å². The number of rotatable bonds is 7. The van der Waals surface area contributed by atoms with Gasteiger partial charge < -0.3 is 14.8 Å². The molecule has 11 heteroatoms. The molecular formula is C29H25BrClN3O6. The van der Waals surface area contributed by atoms with Gasteiger partial charge in [0.2, 0.25) is 0 Å². The van der Waals surface area contributed by atoms with E-state index in [9.17, 15) is 19.2 Å². The van der Waals surface area contributed by atoms with Crippen molar-refractivity contribution in [2.24, 2.45) is 0 Å². The molecule has 0 saturated carbocycles. The van der Waals surface area contributed by atoms with Gasteiger partial charge in [-0.05, 0) is 101 Å². The Kier molecular flexibility index (Phi) is 8.61. The van der Waals surface area contributed by atoms with Crippen LogP contribution in [0.15, 0.2) is 58.6 Å². The van der Waals surface area contributed by atoms with E-state index in [1.165, 1.54) is 19.3 Å². The van der Waals surface area contributed by atoms with Crippen LogP contribution < -0.4 is 25.0 Å². The number of methoxy groups -OCH3 is 1. The van der Waals surface area contributed by atoms with Gasteiger partial charge in [-0.3, -0.25) is 19.7 Å². The van der Waals surface area contributed by atoms with E-state index in [1.54, 1.807) is 31.2 Å². The van der Waals surface area contributed by atoms with Gasteiger partial charge >= 0.3 is 6.03 Å². The van der Waals surface area contributed by atoms with Crippen molar-refractivity contribution in [3.05, 3.63) is 85.9 Å². The number of benzene rings is 3. The smallest absolute Gasteiger partial charge is 0.335 e. The van der Waals surface area contributed by atoms with Crippen LogP contribution in [-0.2, 0) is 14.4 Å². The number of aryl methyl sites for hydroxylation is 3. The first-order valence-electron chi connectivity index (χ1n) is 12.0. The second-order valence-corrected chi connectivity index (χ2v) is 10.3. The van der Waals surface area contributed by atoms with Crippen LogP contribution in [0.3, 0.4) is 0 Å². The molecule has 0 atom stereocenters. The quantitative estimate of drug-likeness (QED) is 0.256. The van der Waals surface area contributed by atoms with Gasteiger partial charge in [0.05, 0.1) is 17.3 Å². The molecule has 0 bridgehead atoms. The highest BCUT2D eigenvalue weighted by Gasteiger charge is 2.37. The summed E-state index contributed by atoms with van der Waals surface area (Å²) in [6.45, 7) is 5.37. The van der Waals surface area contributed by atoms with Gasteiger partial charge in [0.25, 0.3) is 17.7 Å². The summed E-state index contributed by atoms with van der Waals surface area (Å²) in [4.78, 5) is 51.9. The maximum absolute atomic E-state index is 13.3. The highest BCUT2D eigenvalue weighted by atomic mass is 79.9. The zero-order valence-electron chi connectivity index (χ0n) is 22.1. The summed E-state index contributed by atoms with van der Waals surface area (Å²) in [5.41, 5.74) is 3.84. The summed E-state index contributed by atoms with van der Waals surface area (Å²) in [5.74, 6) is -1.51. The molecule has 0 aliphatic carbocycles. The van der Waals surface area contributed by atoms with Gasteiger partial charge in [-0.2, -0.15) is 0 Å². The number of barbiturate groups is 1. The van der Waals surface area contributed by atoms with Crippen molar-refractivity contribution in [2.45, 2.75) is 20.8 Å². The second kappa shape index (κ2) is 11.9. The molecule has 9 nitrogen and oxygen atoms in total. The Hall–Kier alpha value is -4.15. The molecular weight excluding hydrogens is 602 g/mol. The molecule has 5 amide bonds. The summed E-state index contributed by atoms with van der Waals surface area (Å²) in [6, 6.07) is 12.6. The Morgan fingerprint density at radius 3 is 2.45 bits per heavy atom. The molecule has 0 spiro atoms. The lowest BCUT2D eigenvalue weighted by molar-refractivity contribution is -0.122. The van der Waals surface area contributed by atoms with E-state index in [0.29, 0.717) is 26.3 Å². The maximum Gasteiger partial charge on any atom is 0.335 e. The first kappa shape index (κ1) is 28.8. The van der Waals surface area contributed by atoms with Gasteiger partial charge in [-0.15, -0.1) is 0 Å². The van der Waals surface area contributed by atoms with Crippen molar-refractivity contribution in [3.63, 3.8) is 0 Å². The van der Waals surface area contributed by atoms with E-state index < -0.39 is 17.8 Å². The zero-order valence-corrected chi connectivity index (χ0v) is 24.4. The Morgan fingerprint density at radius 1 is 1.02 bits per heavy atom. The van der Waals surface area contributed by atoms with Crippen LogP contribution in [0.1, 0.15) is 22.3 Å². The first-order chi connectivity index (χ1) is 19.0. The molecule has 1 heterocycles. The van der Waals surface area contributed by atoms with Crippen LogP contribution in [-0.4, -0.2) is 37.5 Å². The normalized spacial score (nSPS) is 14.3. The Bertz CT molecular complexity index is 1590. The molecule has 4 rings (SSSR count). The van der Waals surface area contributed by atoms with Crippen LogP contribution in [0.4, 0.5) is 16.2 Å². The van der Waals surface area contributed by atoms with Gasteiger partial charge in [0.15, 0.2) is 18.1 Å². The van der Waals surface area contributed by atoms with Crippen LogP contribution in [0.2, 0.25) is 5.02 Å². The standard InChI is InChI=1S/C29H25BrClN3O6/c1-15-6-8-20(9-17(15)3)32-25(35)14-40-26-22(30)11-18(12-24(26)39-4)10-21-27(36)33-29(38)34(28(21)37)23-13-19(31)7-5-16(23)2/h5-13H,14H2,1-4H3,(H,32,35)(H,33,36,38)/b21-10+. The lowest BCUT2D eigenvalue weighted by Gasteiger charge is -2.27. The molecule has 1 fully saturated rings. The number of nitrogens with zero attached hydrogens (tertiary/aromatic N) is 1. The number of nitrogens with one attached hydrogen (secondary N) is 2. The van der Waals surface area contributed by atoms with Crippen LogP contribution in [0.25, 0.3) is 6.08 Å². The predicted octanol–water partition coefficient (Wildman–Crippen LogP) is 5.72. The molecule has 1 saturated heterocycles. The van der Waals surface area contributed by atoms with E-state index in [4.69, 9.17) is 21.1 Å². The number of carbonyl (C=O) groups is 4. The van der Waals surface area contributed by atoms with E-state index in [0.717, 1.165) is 16.0 Å². The van der Waals surface area contributed by atoms with Crippen molar-refractivity contribution >= 4 is 68.7 Å². The third-order valence-corrected chi connectivity index (χ3v) is 7.04. The fraction of sp³-hybridized carbons (Fsp3) is 0.172. The SMILES string of the molecule is COc1cc(/C=C2\C(=O)NC(=O)N(c3cc(Cl)ccc3C)C2=O)cc(Br)c1OCC(=O)Nc1ccc(C)c(C)c1. The van der Waals surface area contributed by atoms with Crippen LogP contribution >= 0.6 is 27.5 Å². The molecule has 0 aromatic heterocycles. The number of amides is 5. The summed E-state index contributed by atoms with van der Waals surface area (Å²) in [6.07, 6.45) is 1.33. The van der Waals surface area contributed by atoms with Crippen molar-refractivity contribution in [1.29, 1.82) is 0 Å². The largest absolute Gasteiger partial charge is 0.493 e. The van der Waals surface area contributed by atoms with E-state index >= 15 is 0 Å². The number of urea groups is 1. The molecule has 1 aliphatic heterocycles. The third kappa shape index (κ3) is 6.19. The fourth-order valence-corrected chi connectivity index (χ4v) is 4.72. The van der Waals surface area contributed by atoms with Crippen LogP contribution in [0.5, 0.6) is 11.5 Å². The zero-order chi connectivity index (χ0) is 29.1.